The van der Waals surface area contributed by atoms with E-state index >= 15 is 0 Å². The van der Waals surface area contributed by atoms with Crippen molar-refractivity contribution in [3.8, 4) is 0 Å². The first-order valence-electron chi connectivity index (χ1n) is 8.84. The first-order valence-corrected chi connectivity index (χ1v) is 12.2. The van der Waals surface area contributed by atoms with E-state index in [1.54, 1.807) is 30.3 Å². The van der Waals surface area contributed by atoms with Crippen LogP contribution in [0.3, 0.4) is 0 Å². The van der Waals surface area contributed by atoms with E-state index < -0.39 is 25.8 Å². The van der Waals surface area contributed by atoms with Crippen molar-refractivity contribution in [1.82, 2.24) is 0 Å². The zero-order valence-electron chi connectivity index (χ0n) is 16.3. The third kappa shape index (κ3) is 4.69. The number of carbonyl (C=O) groups excluding carboxylic acids is 1. The number of nitrogens with one attached hydrogen (secondary N) is 1. The van der Waals surface area contributed by atoms with Crippen molar-refractivity contribution in [3.63, 3.8) is 0 Å². The van der Waals surface area contributed by atoms with Gasteiger partial charge in [0.2, 0.25) is 0 Å². The maximum Gasteiger partial charge on any atom is 0.264 e. The maximum atomic E-state index is 12.8. The van der Waals surface area contributed by atoms with Gasteiger partial charge >= 0.3 is 0 Å². The topological polar surface area (TPSA) is 101 Å². The van der Waals surface area contributed by atoms with Crippen molar-refractivity contribution in [2.75, 3.05) is 22.9 Å². The highest BCUT2D eigenvalue weighted by Crippen LogP contribution is 2.22. The molecule has 1 amide bonds. The van der Waals surface area contributed by atoms with Gasteiger partial charge in [-0.3, -0.25) is 9.10 Å². The number of anilines is 2. The van der Waals surface area contributed by atoms with Crippen LogP contribution in [0.4, 0.5) is 11.4 Å². The van der Waals surface area contributed by atoms with Crippen molar-refractivity contribution in [2.24, 2.45) is 0 Å². The number of benzene rings is 3. The second kappa shape index (κ2) is 8.29. The molecule has 3 aromatic rings. The number of nitrogens with zero attached hydrogens (tertiary/aromatic N) is 1. The van der Waals surface area contributed by atoms with Gasteiger partial charge in [-0.1, -0.05) is 18.2 Å². The Morgan fingerprint density at radius 2 is 1.30 bits per heavy atom. The summed E-state index contributed by atoms with van der Waals surface area (Å²) in [5.41, 5.74) is 1.22. The molecule has 0 aliphatic rings. The van der Waals surface area contributed by atoms with Gasteiger partial charge in [-0.05, 0) is 60.7 Å². The number of hydrogen-bond acceptors (Lipinski definition) is 5. The molecule has 3 aromatic carbocycles. The van der Waals surface area contributed by atoms with E-state index in [9.17, 15) is 21.6 Å². The van der Waals surface area contributed by atoms with E-state index in [-0.39, 0.29) is 15.4 Å². The van der Waals surface area contributed by atoms with Crippen molar-refractivity contribution < 1.29 is 21.6 Å². The molecule has 0 atom stereocenters. The molecule has 3 rings (SSSR count). The van der Waals surface area contributed by atoms with Crippen LogP contribution in [0.2, 0.25) is 0 Å². The highest BCUT2D eigenvalue weighted by Gasteiger charge is 2.21. The number of sulfonamides is 1. The summed E-state index contributed by atoms with van der Waals surface area (Å²) < 4.78 is 49.8. The lowest BCUT2D eigenvalue weighted by atomic mass is 10.2. The van der Waals surface area contributed by atoms with Crippen molar-refractivity contribution in [1.29, 1.82) is 0 Å². The molecule has 9 heteroatoms. The Bertz CT molecular complexity index is 1250. The van der Waals surface area contributed by atoms with E-state index in [0.717, 1.165) is 6.26 Å². The lowest BCUT2D eigenvalue weighted by molar-refractivity contribution is 0.102. The van der Waals surface area contributed by atoms with Gasteiger partial charge in [0.15, 0.2) is 9.84 Å². The van der Waals surface area contributed by atoms with Gasteiger partial charge in [0.1, 0.15) is 0 Å². The fourth-order valence-electron chi connectivity index (χ4n) is 2.70. The number of sulfone groups is 1. The normalized spacial score (nSPS) is 11.7. The third-order valence-corrected chi connectivity index (χ3v) is 7.36. The van der Waals surface area contributed by atoms with Crippen molar-refractivity contribution in [3.05, 3.63) is 84.4 Å². The fourth-order valence-corrected chi connectivity index (χ4v) is 4.53. The minimum atomic E-state index is -3.77. The smallest absolute Gasteiger partial charge is 0.264 e. The van der Waals surface area contributed by atoms with E-state index in [4.69, 9.17) is 0 Å². The zero-order valence-corrected chi connectivity index (χ0v) is 17.9. The van der Waals surface area contributed by atoms with E-state index in [1.807, 2.05) is 0 Å². The Morgan fingerprint density at radius 3 is 1.83 bits per heavy atom. The SMILES string of the molecule is CN(c1ccccc1)S(=O)(=O)c1ccc(C(=O)Nc2ccc(S(C)(=O)=O)cc2)cc1. The van der Waals surface area contributed by atoms with Crippen LogP contribution >= 0.6 is 0 Å². The molecule has 0 aromatic heterocycles. The molecule has 0 radical (unpaired) electrons. The van der Waals surface area contributed by atoms with Gasteiger partial charge in [0.25, 0.3) is 15.9 Å². The van der Waals surface area contributed by atoms with Crippen LogP contribution in [0, 0.1) is 0 Å². The lowest BCUT2D eigenvalue weighted by Crippen LogP contribution is -2.26. The highest BCUT2D eigenvalue weighted by atomic mass is 32.2. The highest BCUT2D eigenvalue weighted by molar-refractivity contribution is 7.92. The molecular formula is C21H20N2O5S2. The first kappa shape index (κ1) is 21.5. The molecule has 7 nitrogen and oxygen atoms in total. The molecule has 0 heterocycles. The van der Waals surface area contributed by atoms with Crippen LogP contribution in [0.15, 0.2) is 88.7 Å². The molecule has 0 bridgehead atoms. The summed E-state index contributed by atoms with van der Waals surface area (Å²) in [7, 11) is -5.62. The number of hydrogen-bond donors (Lipinski definition) is 1. The molecule has 0 unspecified atom stereocenters. The van der Waals surface area contributed by atoms with Crippen LogP contribution in [0.5, 0.6) is 0 Å². The van der Waals surface area contributed by atoms with Gasteiger partial charge in [-0.2, -0.15) is 0 Å². The summed E-state index contributed by atoms with van der Waals surface area (Å²) >= 11 is 0. The Labute approximate surface area is 175 Å². The monoisotopic (exact) mass is 444 g/mol. The quantitative estimate of drug-likeness (QED) is 0.629. The summed E-state index contributed by atoms with van der Waals surface area (Å²) in [6.45, 7) is 0. The average Bonchev–Trinajstić information content (AvgIpc) is 2.73. The Kier molecular flexibility index (Phi) is 5.95. The van der Waals surface area contributed by atoms with Crippen LogP contribution in [0.25, 0.3) is 0 Å². The molecular weight excluding hydrogens is 424 g/mol. The second-order valence-electron chi connectivity index (χ2n) is 6.58. The Hall–Kier alpha value is -3.17. The van der Waals surface area contributed by atoms with Crippen molar-refractivity contribution >= 4 is 37.1 Å². The van der Waals surface area contributed by atoms with Crippen LogP contribution in [-0.4, -0.2) is 36.0 Å². The van der Waals surface area contributed by atoms with Gasteiger partial charge in [-0.15, -0.1) is 0 Å². The minimum Gasteiger partial charge on any atom is -0.322 e. The van der Waals surface area contributed by atoms with E-state index in [1.165, 1.54) is 59.9 Å². The summed E-state index contributed by atoms with van der Waals surface area (Å²) in [5.74, 6) is -0.442. The summed E-state index contributed by atoms with van der Waals surface area (Å²) in [6.07, 6.45) is 1.10. The molecule has 0 fully saturated rings. The summed E-state index contributed by atoms with van der Waals surface area (Å²) in [5, 5.41) is 2.65. The Morgan fingerprint density at radius 1 is 0.767 bits per heavy atom. The summed E-state index contributed by atoms with van der Waals surface area (Å²) in [6, 6.07) is 20.0. The molecule has 30 heavy (non-hydrogen) atoms. The third-order valence-electron chi connectivity index (χ3n) is 4.44. The lowest BCUT2D eigenvalue weighted by Gasteiger charge is -2.19. The van der Waals surface area contributed by atoms with Gasteiger partial charge < -0.3 is 5.32 Å². The molecule has 156 valence electrons. The van der Waals surface area contributed by atoms with Gasteiger partial charge in [-0.25, -0.2) is 16.8 Å². The largest absolute Gasteiger partial charge is 0.322 e. The molecule has 0 spiro atoms. The number of carbonyl (C=O) groups is 1. The minimum absolute atomic E-state index is 0.0582. The first-order chi connectivity index (χ1) is 14.1. The fraction of sp³-hybridized carbons (Fsp3) is 0.0952. The van der Waals surface area contributed by atoms with Crippen LogP contribution < -0.4 is 9.62 Å². The van der Waals surface area contributed by atoms with Crippen molar-refractivity contribution in [2.45, 2.75) is 9.79 Å². The number of amides is 1. The van der Waals surface area contributed by atoms with Crippen LogP contribution in [-0.2, 0) is 19.9 Å². The molecule has 0 saturated heterocycles. The predicted octanol–water partition coefficient (Wildman–Crippen LogP) is 3.17. The molecule has 0 aliphatic heterocycles. The second-order valence-corrected chi connectivity index (χ2v) is 10.6. The van der Waals surface area contributed by atoms with E-state index in [2.05, 4.69) is 5.32 Å². The number of para-hydroxylation sites is 1. The molecule has 1 N–H and O–H groups in total. The number of rotatable bonds is 6. The molecule has 0 saturated carbocycles. The Balaban J connectivity index is 1.75. The predicted molar refractivity (Wildman–Crippen MR) is 116 cm³/mol. The summed E-state index contributed by atoms with van der Waals surface area (Å²) in [4.78, 5) is 12.6. The average molecular weight is 445 g/mol. The standard InChI is InChI=1S/C21H20N2O5S2/c1-23(18-6-4-3-5-7-18)30(27,28)20-12-8-16(9-13-20)21(24)22-17-10-14-19(15-11-17)29(2,25)26/h3-15H,1-2H3,(H,22,24). The zero-order chi connectivity index (χ0) is 21.9. The molecule has 0 aliphatic carbocycles. The van der Waals surface area contributed by atoms with Crippen LogP contribution in [0.1, 0.15) is 10.4 Å². The van der Waals surface area contributed by atoms with Gasteiger partial charge in [0, 0.05) is 24.6 Å². The maximum absolute atomic E-state index is 12.8. The van der Waals surface area contributed by atoms with E-state index in [0.29, 0.717) is 11.4 Å². The van der Waals surface area contributed by atoms with Gasteiger partial charge in [0.05, 0.1) is 15.5 Å².